The molecule has 2 amide bonds. The zero-order valence-electron chi connectivity index (χ0n) is 19.1. The minimum absolute atomic E-state index is 0.0340. The van der Waals surface area contributed by atoms with Gasteiger partial charge in [0.1, 0.15) is 6.04 Å². The van der Waals surface area contributed by atoms with Crippen LogP contribution < -0.4 is 10.6 Å². The maximum absolute atomic E-state index is 12.9. The van der Waals surface area contributed by atoms with Crippen LogP contribution >= 0.6 is 0 Å². The summed E-state index contributed by atoms with van der Waals surface area (Å²) in [6.07, 6.45) is 0. The Labute approximate surface area is 193 Å². The molecule has 0 bridgehead atoms. The van der Waals surface area contributed by atoms with Crippen LogP contribution in [0.4, 0.5) is 5.95 Å². The quantitative estimate of drug-likeness (QED) is 0.443. The summed E-state index contributed by atoms with van der Waals surface area (Å²) in [4.78, 5) is 33.2. The van der Waals surface area contributed by atoms with Crippen LogP contribution in [0.5, 0.6) is 0 Å². The maximum Gasteiger partial charge on any atom is 0.251 e. The number of hydrogen-bond acceptors (Lipinski definition) is 5. The molecule has 0 unspecified atom stereocenters. The predicted octanol–water partition coefficient (Wildman–Crippen LogP) is 2.99. The van der Waals surface area contributed by atoms with Crippen molar-refractivity contribution in [3.8, 4) is 0 Å². The molecular formula is C23H29N5O4S. The largest absolute Gasteiger partial charge is 0.340 e. The van der Waals surface area contributed by atoms with Crippen LogP contribution in [-0.2, 0) is 14.8 Å². The maximum atomic E-state index is 12.9. The molecule has 0 saturated heterocycles. The molecule has 3 aromatic rings. The van der Waals surface area contributed by atoms with Gasteiger partial charge in [0.15, 0.2) is 0 Å². The van der Waals surface area contributed by atoms with Gasteiger partial charge in [-0.25, -0.2) is 13.4 Å². The molecule has 0 spiro atoms. The fraction of sp³-hybridized carbons (Fsp3) is 0.348. The number of carbonyl (C=O) groups is 2. The zero-order chi connectivity index (χ0) is 24.2. The van der Waals surface area contributed by atoms with Crippen LogP contribution in [0.3, 0.4) is 0 Å². The number of sulfonamides is 1. The number of hydrogen-bond donors (Lipinski definition) is 3. The van der Waals surface area contributed by atoms with Crippen molar-refractivity contribution < 1.29 is 18.0 Å². The van der Waals surface area contributed by atoms with Gasteiger partial charge in [0.05, 0.1) is 15.9 Å². The number of anilines is 1. The summed E-state index contributed by atoms with van der Waals surface area (Å²) in [5, 5.41) is 5.43. The highest BCUT2D eigenvalue weighted by molar-refractivity contribution is 7.89. The van der Waals surface area contributed by atoms with E-state index in [4.69, 9.17) is 0 Å². The van der Waals surface area contributed by atoms with E-state index < -0.39 is 27.9 Å². The van der Waals surface area contributed by atoms with E-state index in [0.717, 1.165) is 5.52 Å². The monoisotopic (exact) mass is 471 g/mol. The molecule has 10 heteroatoms. The number of fused-ring (bicyclic) bond motifs is 1. The molecule has 1 aromatic heterocycles. The van der Waals surface area contributed by atoms with Crippen molar-refractivity contribution in [3.63, 3.8) is 0 Å². The molecule has 0 aliphatic heterocycles. The van der Waals surface area contributed by atoms with Crippen molar-refractivity contribution in [2.24, 2.45) is 5.92 Å². The standard InChI is InChI=1S/C23H29N5O4S/c1-5-28(6-2)33(31,32)17-11-9-10-16(14-17)21(29)26-20(15(3)4)22(30)27-23-24-18-12-7-8-13-19(18)25-23/h7-15,20H,5-6H2,1-4H3,(H,26,29)(H2,24,25,27,30)/t20-/m0/s1. The van der Waals surface area contributed by atoms with Crippen molar-refractivity contribution >= 4 is 38.8 Å². The average molecular weight is 472 g/mol. The summed E-state index contributed by atoms with van der Waals surface area (Å²) in [5.41, 5.74) is 1.65. The Morgan fingerprint density at radius 3 is 2.39 bits per heavy atom. The molecule has 0 aliphatic carbocycles. The molecule has 9 nitrogen and oxygen atoms in total. The third-order valence-corrected chi connectivity index (χ3v) is 7.35. The van der Waals surface area contributed by atoms with Crippen molar-refractivity contribution in [3.05, 3.63) is 54.1 Å². The fourth-order valence-corrected chi connectivity index (χ4v) is 4.98. The van der Waals surface area contributed by atoms with E-state index in [1.807, 2.05) is 38.1 Å². The van der Waals surface area contributed by atoms with Crippen LogP contribution in [-0.4, -0.2) is 53.6 Å². The Hall–Kier alpha value is -3.24. The Kier molecular flexibility index (Phi) is 7.50. The number of amides is 2. The van der Waals surface area contributed by atoms with Crippen LogP contribution in [0, 0.1) is 5.92 Å². The Balaban J connectivity index is 1.78. The van der Waals surface area contributed by atoms with Crippen molar-refractivity contribution in [1.82, 2.24) is 19.6 Å². The van der Waals surface area contributed by atoms with Crippen LogP contribution in [0.25, 0.3) is 11.0 Å². The Morgan fingerprint density at radius 2 is 1.76 bits per heavy atom. The minimum Gasteiger partial charge on any atom is -0.340 e. The molecule has 1 atom stereocenters. The third-order valence-electron chi connectivity index (χ3n) is 5.31. The number of carbonyl (C=O) groups excluding carboxylic acids is 2. The summed E-state index contributed by atoms with van der Waals surface area (Å²) in [5.74, 6) is -0.899. The Morgan fingerprint density at radius 1 is 1.06 bits per heavy atom. The number of nitrogens with one attached hydrogen (secondary N) is 3. The molecule has 0 fully saturated rings. The topological polar surface area (TPSA) is 124 Å². The van der Waals surface area contributed by atoms with Crippen molar-refractivity contribution in [2.45, 2.75) is 38.6 Å². The molecule has 0 radical (unpaired) electrons. The average Bonchev–Trinajstić information content (AvgIpc) is 3.20. The fourth-order valence-electron chi connectivity index (χ4n) is 3.48. The van der Waals surface area contributed by atoms with Gasteiger partial charge in [-0.2, -0.15) is 4.31 Å². The minimum atomic E-state index is -3.71. The first-order valence-electron chi connectivity index (χ1n) is 10.8. The lowest BCUT2D eigenvalue weighted by molar-refractivity contribution is -0.118. The number of imidazole rings is 1. The summed E-state index contributed by atoms with van der Waals surface area (Å²) < 4.78 is 26.9. The third kappa shape index (κ3) is 5.40. The number of para-hydroxylation sites is 2. The smallest absolute Gasteiger partial charge is 0.251 e. The summed E-state index contributed by atoms with van der Waals surface area (Å²) >= 11 is 0. The van der Waals surface area contributed by atoms with E-state index >= 15 is 0 Å². The van der Waals surface area contributed by atoms with Gasteiger partial charge in [-0.1, -0.05) is 45.9 Å². The van der Waals surface area contributed by atoms with Gasteiger partial charge in [-0.3, -0.25) is 14.9 Å². The normalized spacial score (nSPS) is 12.8. The second-order valence-corrected chi connectivity index (χ2v) is 9.84. The highest BCUT2D eigenvalue weighted by atomic mass is 32.2. The molecule has 33 heavy (non-hydrogen) atoms. The summed E-state index contributed by atoms with van der Waals surface area (Å²) in [6.45, 7) is 7.78. The van der Waals surface area contributed by atoms with E-state index in [2.05, 4.69) is 20.6 Å². The number of nitrogens with zero attached hydrogens (tertiary/aromatic N) is 2. The number of aromatic amines is 1. The molecule has 0 saturated carbocycles. The van der Waals surface area contributed by atoms with E-state index in [1.54, 1.807) is 13.8 Å². The number of aromatic nitrogens is 2. The van der Waals surface area contributed by atoms with E-state index in [9.17, 15) is 18.0 Å². The second-order valence-electron chi connectivity index (χ2n) is 7.90. The summed E-state index contributed by atoms with van der Waals surface area (Å²) in [7, 11) is -3.71. The van der Waals surface area contributed by atoms with Gasteiger partial charge in [0, 0.05) is 18.7 Å². The first-order chi connectivity index (χ1) is 15.7. The lowest BCUT2D eigenvalue weighted by Crippen LogP contribution is -2.47. The van der Waals surface area contributed by atoms with E-state index in [0.29, 0.717) is 18.6 Å². The van der Waals surface area contributed by atoms with E-state index in [1.165, 1.54) is 28.6 Å². The molecule has 0 aliphatic rings. The first-order valence-corrected chi connectivity index (χ1v) is 12.3. The van der Waals surface area contributed by atoms with Crippen LogP contribution in [0.2, 0.25) is 0 Å². The molecule has 1 heterocycles. The SMILES string of the molecule is CCN(CC)S(=O)(=O)c1cccc(C(=O)N[C@H](C(=O)Nc2nc3ccccc3[nH]2)C(C)C)c1. The molecule has 3 N–H and O–H groups in total. The highest BCUT2D eigenvalue weighted by Gasteiger charge is 2.27. The summed E-state index contributed by atoms with van der Waals surface area (Å²) in [6, 6.07) is 12.3. The van der Waals surface area contributed by atoms with Gasteiger partial charge in [0.2, 0.25) is 21.9 Å². The van der Waals surface area contributed by atoms with Crippen molar-refractivity contribution in [1.29, 1.82) is 0 Å². The lowest BCUT2D eigenvalue weighted by atomic mass is 10.0. The van der Waals surface area contributed by atoms with Gasteiger partial charge < -0.3 is 10.3 Å². The molecule has 176 valence electrons. The van der Waals surface area contributed by atoms with E-state index in [-0.39, 0.29) is 22.3 Å². The molecule has 2 aromatic carbocycles. The van der Waals surface area contributed by atoms with Gasteiger partial charge in [0.25, 0.3) is 5.91 Å². The zero-order valence-corrected chi connectivity index (χ0v) is 19.9. The molecule has 3 rings (SSSR count). The van der Waals surface area contributed by atoms with Gasteiger partial charge in [-0.05, 0) is 36.2 Å². The van der Waals surface area contributed by atoms with Crippen molar-refractivity contribution in [2.75, 3.05) is 18.4 Å². The number of rotatable bonds is 9. The number of benzene rings is 2. The Bertz CT molecular complexity index is 1220. The molecular weight excluding hydrogens is 442 g/mol. The lowest BCUT2D eigenvalue weighted by Gasteiger charge is -2.22. The van der Waals surface area contributed by atoms with Gasteiger partial charge in [-0.15, -0.1) is 0 Å². The van der Waals surface area contributed by atoms with Gasteiger partial charge >= 0.3 is 0 Å². The number of H-pyrrole nitrogens is 1. The van der Waals surface area contributed by atoms with Crippen LogP contribution in [0.15, 0.2) is 53.4 Å². The second kappa shape index (κ2) is 10.1. The predicted molar refractivity (Wildman–Crippen MR) is 127 cm³/mol. The highest BCUT2D eigenvalue weighted by Crippen LogP contribution is 2.18. The van der Waals surface area contributed by atoms with Crippen LogP contribution in [0.1, 0.15) is 38.1 Å². The first kappa shape index (κ1) is 24.4.